The number of carbonyl (C=O) groups excluding carboxylic acids is 2. The Balaban J connectivity index is 1.80. The number of halogens is 1. The quantitative estimate of drug-likeness (QED) is 0.364. The van der Waals surface area contributed by atoms with Crippen molar-refractivity contribution in [2.45, 2.75) is 32.8 Å². The van der Waals surface area contributed by atoms with Crippen molar-refractivity contribution in [3.8, 4) is 0 Å². The molecule has 1 N–H and O–H groups in total. The summed E-state index contributed by atoms with van der Waals surface area (Å²) in [6, 6.07) is 23.7. The van der Waals surface area contributed by atoms with E-state index in [9.17, 15) is 9.59 Å². The lowest BCUT2D eigenvalue weighted by Gasteiger charge is -2.19. The molecule has 0 aliphatic rings. The number of amides is 1. The van der Waals surface area contributed by atoms with Crippen LogP contribution in [0.15, 0.2) is 84.6 Å². The molecular formula is C27H26ClNO3. The second-order valence-electron chi connectivity index (χ2n) is 8.45. The van der Waals surface area contributed by atoms with Gasteiger partial charge >= 0.3 is 5.97 Å². The van der Waals surface area contributed by atoms with Gasteiger partial charge < -0.3 is 10.1 Å². The number of ether oxygens (including phenoxy) is 1. The van der Waals surface area contributed by atoms with E-state index < -0.39 is 5.97 Å². The Labute approximate surface area is 193 Å². The summed E-state index contributed by atoms with van der Waals surface area (Å²) in [4.78, 5) is 25.7. The molecule has 3 aromatic rings. The molecule has 0 saturated heterocycles. The molecule has 0 saturated carbocycles. The molecule has 1 amide bonds. The topological polar surface area (TPSA) is 55.4 Å². The van der Waals surface area contributed by atoms with Gasteiger partial charge in [-0.2, -0.15) is 0 Å². The van der Waals surface area contributed by atoms with Gasteiger partial charge in [0.25, 0.3) is 5.91 Å². The Kier molecular flexibility index (Phi) is 7.49. The van der Waals surface area contributed by atoms with Crippen LogP contribution in [0.4, 0.5) is 0 Å². The zero-order valence-electron chi connectivity index (χ0n) is 18.4. The maximum Gasteiger partial charge on any atom is 0.355 e. The molecule has 0 heterocycles. The zero-order chi connectivity index (χ0) is 23.1. The Morgan fingerprint density at radius 1 is 0.906 bits per heavy atom. The fraction of sp³-hybridized carbons (Fsp3) is 0.185. The molecule has 3 aromatic carbocycles. The molecule has 0 spiro atoms. The average molecular weight is 448 g/mol. The van der Waals surface area contributed by atoms with Crippen molar-refractivity contribution in [1.29, 1.82) is 0 Å². The summed E-state index contributed by atoms with van der Waals surface area (Å²) in [5.74, 6) is -1.01. The maximum atomic E-state index is 12.9. The molecule has 5 heteroatoms. The van der Waals surface area contributed by atoms with E-state index in [4.69, 9.17) is 16.3 Å². The highest BCUT2D eigenvalue weighted by atomic mass is 35.5. The first-order chi connectivity index (χ1) is 15.2. The van der Waals surface area contributed by atoms with Crippen LogP contribution in [0.2, 0.25) is 5.02 Å². The van der Waals surface area contributed by atoms with Gasteiger partial charge in [-0.15, -0.1) is 0 Å². The second-order valence-corrected chi connectivity index (χ2v) is 8.89. The molecular weight excluding hydrogens is 422 g/mol. The van der Waals surface area contributed by atoms with E-state index >= 15 is 0 Å². The van der Waals surface area contributed by atoms with Gasteiger partial charge in [0, 0.05) is 10.6 Å². The zero-order valence-corrected chi connectivity index (χ0v) is 19.1. The normalized spacial score (nSPS) is 11.7. The van der Waals surface area contributed by atoms with Crippen LogP contribution in [0.25, 0.3) is 6.08 Å². The molecule has 0 aliphatic heterocycles. The molecule has 32 heavy (non-hydrogen) atoms. The minimum atomic E-state index is -0.622. The van der Waals surface area contributed by atoms with Gasteiger partial charge in [-0.3, -0.25) is 4.79 Å². The molecule has 0 fully saturated rings. The summed E-state index contributed by atoms with van der Waals surface area (Å²) in [5.41, 5.74) is 3.17. The molecule has 0 atom stereocenters. The first-order valence-corrected chi connectivity index (χ1v) is 10.7. The molecule has 4 nitrogen and oxygen atoms in total. The van der Waals surface area contributed by atoms with Gasteiger partial charge in [-0.05, 0) is 52.4 Å². The van der Waals surface area contributed by atoms with Crippen molar-refractivity contribution in [3.63, 3.8) is 0 Å². The van der Waals surface area contributed by atoms with Crippen molar-refractivity contribution in [2.75, 3.05) is 0 Å². The third-order valence-electron chi connectivity index (χ3n) is 4.87. The van der Waals surface area contributed by atoms with Crippen molar-refractivity contribution in [2.24, 2.45) is 0 Å². The van der Waals surface area contributed by atoms with E-state index in [1.165, 1.54) is 0 Å². The van der Waals surface area contributed by atoms with Gasteiger partial charge in [0.2, 0.25) is 0 Å². The SMILES string of the molecule is CC(C)(C)c1ccc(C(=O)N/C(=C\c2ccc(Cl)cc2)C(=O)OCc2ccccc2)cc1. The van der Waals surface area contributed by atoms with E-state index in [2.05, 4.69) is 26.1 Å². The van der Waals surface area contributed by atoms with Crippen LogP contribution in [0.1, 0.15) is 47.8 Å². The Hall–Kier alpha value is -3.37. The first-order valence-electron chi connectivity index (χ1n) is 10.3. The van der Waals surface area contributed by atoms with Crippen LogP contribution >= 0.6 is 11.6 Å². The largest absolute Gasteiger partial charge is 0.456 e. The number of hydrogen-bond acceptors (Lipinski definition) is 3. The van der Waals surface area contributed by atoms with Crippen LogP contribution in [0, 0.1) is 0 Å². The van der Waals surface area contributed by atoms with E-state index in [1.54, 1.807) is 42.5 Å². The molecule has 0 radical (unpaired) electrons. The van der Waals surface area contributed by atoms with E-state index in [1.807, 2.05) is 42.5 Å². The number of hydrogen-bond donors (Lipinski definition) is 1. The van der Waals surface area contributed by atoms with Crippen molar-refractivity contribution < 1.29 is 14.3 Å². The number of rotatable bonds is 6. The highest BCUT2D eigenvalue weighted by molar-refractivity contribution is 6.30. The minimum absolute atomic E-state index is 0.0180. The molecule has 3 rings (SSSR count). The van der Waals surface area contributed by atoms with E-state index in [-0.39, 0.29) is 23.6 Å². The van der Waals surface area contributed by atoms with Crippen LogP contribution in [-0.2, 0) is 21.6 Å². The summed E-state index contributed by atoms with van der Waals surface area (Å²) in [6.07, 6.45) is 1.57. The first kappa shape index (κ1) is 23.3. The molecule has 0 aromatic heterocycles. The van der Waals surface area contributed by atoms with Crippen LogP contribution in [0.3, 0.4) is 0 Å². The van der Waals surface area contributed by atoms with Gasteiger partial charge in [0.15, 0.2) is 0 Å². The second kappa shape index (κ2) is 10.3. The fourth-order valence-electron chi connectivity index (χ4n) is 2.99. The lowest BCUT2D eigenvalue weighted by atomic mass is 9.87. The molecule has 0 unspecified atom stereocenters. The molecule has 164 valence electrons. The van der Waals surface area contributed by atoms with Gasteiger partial charge in [-0.25, -0.2) is 4.79 Å². The highest BCUT2D eigenvalue weighted by Gasteiger charge is 2.18. The molecule has 0 aliphatic carbocycles. The number of benzene rings is 3. The fourth-order valence-corrected chi connectivity index (χ4v) is 3.11. The lowest BCUT2D eigenvalue weighted by Crippen LogP contribution is -2.28. The van der Waals surface area contributed by atoms with Gasteiger partial charge in [-0.1, -0.05) is 87.0 Å². The predicted molar refractivity (Wildman–Crippen MR) is 128 cm³/mol. The van der Waals surface area contributed by atoms with Crippen LogP contribution in [-0.4, -0.2) is 11.9 Å². The summed E-state index contributed by atoms with van der Waals surface area (Å²) >= 11 is 5.96. The summed E-state index contributed by atoms with van der Waals surface area (Å²) < 4.78 is 5.44. The molecule has 0 bridgehead atoms. The number of nitrogens with one attached hydrogen (secondary N) is 1. The van der Waals surface area contributed by atoms with Gasteiger partial charge in [0.05, 0.1) is 0 Å². The Bertz CT molecular complexity index is 1100. The van der Waals surface area contributed by atoms with Crippen molar-refractivity contribution in [1.82, 2.24) is 5.32 Å². The average Bonchev–Trinajstić information content (AvgIpc) is 2.78. The monoisotopic (exact) mass is 447 g/mol. The highest BCUT2D eigenvalue weighted by Crippen LogP contribution is 2.22. The minimum Gasteiger partial charge on any atom is -0.456 e. The van der Waals surface area contributed by atoms with Gasteiger partial charge in [0.1, 0.15) is 12.3 Å². The van der Waals surface area contributed by atoms with E-state index in [0.29, 0.717) is 16.1 Å². The maximum absolute atomic E-state index is 12.9. The van der Waals surface area contributed by atoms with Crippen molar-refractivity contribution in [3.05, 3.63) is 112 Å². The summed E-state index contributed by atoms with van der Waals surface area (Å²) in [7, 11) is 0. The third-order valence-corrected chi connectivity index (χ3v) is 5.13. The Morgan fingerprint density at radius 3 is 2.12 bits per heavy atom. The summed E-state index contributed by atoms with van der Waals surface area (Å²) in [5, 5.41) is 3.29. The number of carbonyl (C=O) groups is 2. The predicted octanol–water partition coefficient (Wildman–Crippen LogP) is 6.15. The third kappa shape index (κ3) is 6.56. The Morgan fingerprint density at radius 2 is 1.53 bits per heavy atom. The summed E-state index contributed by atoms with van der Waals surface area (Å²) in [6.45, 7) is 6.43. The van der Waals surface area contributed by atoms with Crippen LogP contribution < -0.4 is 5.32 Å². The lowest BCUT2D eigenvalue weighted by molar-refractivity contribution is -0.140. The standard InChI is InChI=1S/C27H26ClNO3/c1-27(2,3)22-13-11-21(12-14-22)25(30)29-24(17-19-9-15-23(28)16-10-19)26(31)32-18-20-7-5-4-6-8-20/h4-17H,18H2,1-3H3,(H,29,30)/b24-17-. The van der Waals surface area contributed by atoms with E-state index in [0.717, 1.165) is 11.1 Å². The van der Waals surface area contributed by atoms with Crippen molar-refractivity contribution >= 4 is 29.6 Å². The van der Waals surface area contributed by atoms with Crippen LogP contribution in [0.5, 0.6) is 0 Å². The number of esters is 1. The smallest absolute Gasteiger partial charge is 0.355 e.